The SMILES string of the molecule is O=C(O)COc1ccccc1CCNC(=O)[C@@H]1c2ccccc2C(=O)N([C@H]2CCCC[C@@H]2O)[C@H]1c1ccc(Cl)cc1Cl. The summed E-state index contributed by atoms with van der Waals surface area (Å²) in [6.45, 7) is -0.228. The van der Waals surface area contributed by atoms with Crippen molar-refractivity contribution in [1.29, 1.82) is 0 Å². The van der Waals surface area contributed by atoms with Gasteiger partial charge in [0, 0.05) is 22.2 Å². The van der Waals surface area contributed by atoms with Gasteiger partial charge in [-0.2, -0.15) is 0 Å². The molecule has 0 saturated heterocycles. The molecule has 3 N–H and O–H groups in total. The fourth-order valence-corrected chi connectivity index (χ4v) is 6.63. The number of rotatable bonds is 9. The van der Waals surface area contributed by atoms with Crippen LogP contribution in [0.15, 0.2) is 66.7 Å². The first kappa shape index (κ1) is 29.9. The third-order valence-corrected chi connectivity index (χ3v) is 8.57. The summed E-state index contributed by atoms with van der Waals surface area (Å²) < 4.78 is 5.41. The second kappa shape index (κ2) is 13.2. The first-order valence-corrected chi connectivity index (χ1v) is 14.8. The summed E-state index contributed by atoms with van der Waals surface area (Å²) in [6, 6.07) is 17.9. The molecule has 2 aliphatic rings. The number of ether oxygens (including phenoxy) is 1. The van der Waals surface area contributed by atoms with Gasteiger partial charge in [-0.1, -0.05) is 78.5 Å². The normalized spacial score (nSPS) is 21.9. The zero-order valence-electron chi connectivity index (χ0n) is 22.8. The molecule has 220 valence electrons. The number of nitrogens with zero attached hydrogens (tertiary/aromatic N) is 1. The summed E-state index contributed by atoms with van der Waals surface area (Å²) in [5, 5.41) is 23.9. The summed E-state index contributed by atoms with van der Waals surface area (Å²) in [5.74, 6) is -2.01. The van der Waals surface area contributed by atoms with Gasteiger partial charge in [0.2, 0.25) is 5.91 Å². The molecule has 8 nitrogen and oxygen atoms in total. The van der Waals surface area contributed by atoms with E-state index in [1.807, 2.05) is 12.1 Å². The van der Waals surface area contributed by atoms with Crippen molar-refractivity contribution < 1.29 is 29.3 Å². The number of carboxylic acid groups (broad SMARTS) is 1. The Kier molecular flexibility index (Phi) is 9.36. The lowest BCUT2D eigenvalue weighted by Gasteiger charge is -2.48. The van der Waals surface area contributed by atoms with Crippen LogP contribution in [0, 0.1) is 0 Å². The predicted octanol–water partition coefficient (Wildman–Crippen LogP) is 5.40. The van der Waals surface area contributed by atoms with E-state index in [9.17, 15) is 19.5 Å². The number of para-hydroxylation sites is 1. The molecule has 10 heteroatoms. The van der Waals surface area contributed by atoms with Gasteiger partial charge in [-0.25, -0.2) is 4.79 Å². The van der Waals surface area contributed by atoms with E-state index >= 15 is 0 Å². The summed E-state index contributed by atoms with van der Waals surface area (Å²) in [5.41, 5.74) is 2.34. The van der Waals surface area contributed by atoms with Crippen LogP contribution in [0.5, 0.6) is 5.75 Å². The number of amides is 2. The summed E-state index contributed by atoms with van der Waals surface area (Å²) in [7, 11) is 0. The van der Waals surface area contributed by atoms with Crippen LogP contribution in [0.2, 0.25) is 10.0 Å². The Morgan fingerprint density at radius 3 is 2.48 bits per heavy atom. The quantitative estimate of drug-likeness (QED) is 0.299. The highest BCUT2D eigenvalue weighted by atomic mass is 35.5. The number of hydrogen-bond donors (Lipinski definition) is 3. The number of aliphatic hydroxyl groups excluding tert-OH is 1. The van der Waals surface area contributed by atoms with Gasteiger partial charge in [-0.15, -0.1) is 0 Å². The van der Waals surface area contributed by atoms with E-state index in [1.165, 1.54) is 0 Å². The Balaban J connectivity index is 1.50. The van der Waals surface area contributed by atoms with Crippen LogP contribution in [0.1, 0.15) is 64.7 Å². The van der Waals surface area contributed by atoms with Crippen molar-refractivity contribution in [3.05, 3.63) is 99.0 Å². The number of halogens is 2. The van der Waals surface area contributed by atoms with Gasteiger partial charge in [0.25, 0.3) is 5.91 Å². The minimum atomic E-state index is -1.08. The molecule has 42 heavy (non-hydrogen) atoms. The molecule has 2 amide bonds. The number of carbonyl (C=O) groups excluding carboxylic acids is 2. The molecule has 0 unspecified atom stereocenters. The molecule has 3 aromatic rings. The molecule has 0 spiro atoms. The lowest BCUT2D eigenvalue weighted by molar-refractivity contribution is -0.139. The van der Waals surface area contributed by atoms with Crippen LogP contribution in [-0.4, -0.2) is 58.2 Å². The maximum absolute atomic E-state index is 14.1. The van der Waals surface area contributed by atoms with Crippen molar-refractivity contribution >= 4 is 41.0 Å². The van der Waals surface area contributed by atoms with Crippen molar-refractivity contribution in [2.24, 2.45) is 0 Å². The number of carbonyl (C=O) groups is 3. The Hall–Kier alpha value is -3.59. The molecule has 5 rings (SSSR count). The predicted molar refractivity (Wildman–Crippen MR) is 159 cm³/mol. The van der Waals surface area contributed by atoms with Crippen LogP contribution in [0.4, 0.5) is 0 Å². The number of hydrogen-bond acceptors (Lipinski definition) is 5. The van der Waals surface area contributed by atoms with Crippen molar-refractivity contribution in [1.82, 2.24) is 10.2 Å². The van der Waals surface area contributed by atoms with Crippen LogP contribution in [0.25, 0.3) is 0 Å². The number of aliphatic carboxylic acids is 1. The lowest BCUT2D eigenvalue weighted by atomic mass is 9.76. The first-order chi connectivity index (χ1) is 20.3. The minimum Gasteiger partial charge on any atom is -0.482 e. The Morgan fingerprint density at radius 1 is 0.976 bits per heavy atom. The van der Waals surface area contributed by atoms with Crippen molar-refractivity contribution in [2.75, 3.05) is 13.2 Å². The first-order valence-electron chi connectivity index (χ1n) is 14.0. The van der Waals surface area contributed by atoms with Crippen molar-refractivity contribution in [3.63, 3.8) is 0 Å². The van der Waals surface area contributed by atoms with Gasteiger partial charge in [-0.05, 0) is 60.2 Å². The summed E-state index contributed by atoms with van der Waals surface area (Å²) in [4.78, 5) is 40.9. The molecule has 1 saturated carbocycles. The van der Waals surface area contributed by atoms with Crippen LogP contribution >= 0.6 is 23.2 Å². The molecule has 1 aliphatic heterocycles. The Bertz CT molecular complexity index is 1480. The van der Waals surface area contributed by atoms with Crippen LogP contribution in [-0.2, 0) is 16.0 Å². The largest absolute Gasteiger partial charge is 0.482 e. The highest BCUT2D eigenvalue weighted by Crippen LogP contribution is 2.47. The van der Waals surface area contributed by atoms with E-state index in [0.717, 1.165) is 18.4 Å². The highest BCUT2D eigenvalue weighted by molar-refractivity contribution is 6.35. The van der Waals surface area contributed by atoms with E-state index in [-0.39, 0.29) is 18.4 Å². The van der Waals surface area contributed by atoms with Gasteiger partial charge < -0.3 is 25.2 Å². The lowest BCUT2D eigenvalue weighted by Crippen LogP contribution is -2.55. The van der Waals surface area contributed by atoms with E-state index < -0.39 is 36.7 Å². The molecule has 1 heterocycles. The molecule has 4 atom stereocenters. The average Bonchev–Trinajstić information content (AvgIpc) is 2.97. The fourth-order valence-electron chi connectivity index (χ4n) is 6.11. The molecule has 0 radical (unpaired) electrons. The van der Waals surface area contributed by atoms with Crippen LogP contribution < -0.4 is 10.1 Å². The van der Waals surface area contributed by atoms with E-state index in [2.05, 4.69) is 5.32 Å². The number of nitrogens with one attached hydrogen (secondary N) is 1. The zero-order chi connectivity index (χ0) is 29.8. The van der Waals surface area contributed by atoms with Gasteiger partial charge in [0.1, 0.15) is 5.75 Å². The van der Waals surface area contributed by atoms with Gasteiger partial charge >= 0.3 is 5.97 Å². The second-order valence-corrected chi connectivity index (χ2v) is 11.5. The number of benzene rings is 3. The molecule has 0 bridgehead atoms. The van der Waals surface area contributed by atoms with Gasteiger partial charge in [0.15, 0.2) is 6.61 Å². The van der Waals surface area contributed by atoms with E-state index in [4.69, 9.17) is 33.0 Å². The third kappa shape index (κ3) is 6.26. The molecule has 1 aliphatic carbocycles. The zero-order valence-corrected chi connectivity index (χ0v) is 24.4. The highest BCUT2D eigenvalue weighted by Gasteiger charge is 2.48. The summed E-state index contributed by atoms with van der Waals surface area (Å²) >= 11 is 13.0. The topological polar surface area (TPSA) is 116 Å². The monoisotopic (exact) mass is 610 g/mol. The average molecular weight is 612 g/mol. The van der Waals surface area contributed by atoms with Crippen molar-refractivity contribution in [2.45, 2.75) is 56.2 Å². The molecule has 3 aromatic carbocycles. The molecular formula is C32H32Cl2N2O6. The van der Waals surface area contributed by atoms with E-state index in [0.29, 0.717) is 51.7 Å². The maximum atomic E-state index is 14.1. The minimum absolute atomic E-state index is 0.242. The molecular weight excluding hydrogens is 579 g/mol. The Labute approximate surface area is 254 Å². The van der Waals surface area contributed by atoms with Gasteiger partial charge in [-0.3, -0.25) is 9.59 Å². The Morgan fingerprint density at radius 2 is 1.71 bits per heavy atom. The smallest absolute Gasteiger partial charge is 0.341 e. The number of carboxylic acids is 1. The van der Waals surface area contributed by atoms with Gasteiger partial charge in [0.05, 0.1) is 24.1 Å². The maximum Gasteiger partial charge on any atom is 0.341 e. The third-order valence-electron chi connectivity index (χ3n) is 8.01. The standard InChI is InChI=1S/C32H32Cl2N2O6/c33-20-13-14-23(24(34)17-20)30-29(31(40)35-16-15-19-7-1-6-12-27(19)42-18-28(38)39)21-8-2-3-9-22(21)32(41)36(30)25-10-4-5-11-26(25)37/h1-3,6-9,12-14,17,25-26,29-30,37H,4-5,10-11,15-16,18H2,(H,35,40)(H,38,39)/t25-,26-,29+,30-/m0/s1. The number of fused-ring (bicyclic) bond motifs is 1. The molecule has 0 aromatic heterocycles. The second-order valence-electron chi connectivity index (χ2n) is 10.6. The van der Waals surface area contributed by atoms with E-state index in [1.54, 1.807) is 59.5 Å². The van der Waals surface area contributed by atoms with Crippen LogP contribution in [0.3, 0.4) is 0 Å². The molecule has 1 fully saturated rings. The fraction of sp³-hybridized carbons (Fsp3) is 0.344. The van der Waals surface area contributed by atoms with Crippen molar-refractivity contribution in [3.8, 4) is 5.75 Å². The summed E-state index contributed by atoms with van der Waals surface area (Å²) in [6.07, 6.45) is 2.56. The number of aliphatic hydroxyl groups is 1.